The summed E-state index contributed by atoms with van der Waals surface area (Å²) in [5.41, 5.74) is 0. The summed E-state index contributed by atoms with van der Waals surface area (Å²) in [6.45, 7) is 9.47. The van der Waals surface area contributed by atoms with Gasteiger partial charge in [0.25, 0.3) is 0 Å². The molecule has 0 spiro atoms. The van der Waals surface area contributed by atoms with Gasteiger partial charge in [-0.25, -0.2) is 0 Å². The summed E-state index contributed by atoms with van der Waals surface area (Å²) in [6, 6.07) is 0. The Morgan fingerprint density at radius 3 is 0.815 bits per heavy atom. The van der Waals surface area contributed by atoms with Crippen LogP contribution >= 0.6 is 0 Å². The van der Waals surface area contributed by atoms with Crippen molar-refractivity contribution in [3.8, 4) is 0 Å². The second kappa shape index (κ2) is 25.9. The summed E-state index contributed by atoms with van der Waals surface area (Å²) in [5, 5.41) is 7.24. The van der Waals surface area contributed by atoms with Crippen molar-refractivity contribution in [2.75, 3.05) is 26.2 Å². The molecule has 0 aromatic heterocycles. The first kappa shape index (κ1) is 26.9. The molecular formula is C25H54N2. The number of hydrogen-bond acceptors (Lipinski definition) is 2. The monoisotopic (exact) mass is 382 g/mol. The molecule has 0 unspecified atom stereocenters. The second-order valence-electron chi connectivity index (χ2n) is 8.51. The van der Waals surface area contributed by atoms with Gasteiger partial charge in [0.05, 0.1) is 0 Å². The molecule has 0 atom stereocenters. The molecule has 0 bridgehead atoms. The van der Waals surface area contributed by atoms with E-state index in [1.165, 1.54) is 148 Å². The van der Waals surface area contributed by atoms with Crippen molar-refractivity contribution in [1.82, 2.24) is 10.6 Å². The van der Waals surface area contributed by atoms with Crippen molar-refractivity contribution in [1.29, 1.82) is 0 Å². The first-order valence-electron chi connectivity index (χ1n) is 12.8. The summed E-state index contributed by atoms with van der Waals surface area (Å²) in [6.07, 6.45) is 26.8. The van der Waals surface area contributed by atoms with Crippen LogP contribution in [0, 0.1) is 0 Å². The van der Waals surface area contributed by atoms with Gasteiger partial charge >= 0.3 is 0 Å². The van der Waals surface area contributed by atoms with Gasteiger partial charge in [0.2, 0.25) is 0 Å². The highest BCUT2D eigenvalue weighted by molar-refractivity contribution is 4.54. The zero-order valence-corrected chi connectivity index (χ0v) is 19.3. The van der Waals surface area contributed by atoms with E-state index in [4.69, 9.17) is 0 Å². The van der Waals surface area contributed by atoms with Gasteiger partial charge in [-0.1, -0.05) is 110 Å². The SMILES string of the molecule is CCCCCCCCCCNCCCCCNCCCCCCCCCC. The smallest absolute Gasteiger partial charge is 0.00489 e. The predicted molar refractivity (Wildman–Crippen MR) is 125 cm³/mol. The maximum Gasteiger partial charge on any atom is -0.00489 e. The van der Waals surface area contributed by atoms with Crippen molar-refractivity contribution in [3.63, 3.8) is 0 Å². The maximum atomic E-state index is 3.62. The van der Waals surface area contributed by atoms with Crippen LogP contribution in [0.25, 0.3) is 0 Å². The molecule has 0 saturated carbocycles. The normalized spacial score (nSPS) is 11.3. The van der Waals surface area contributed by atoms with Crippen LogP contribution in [0.5, 0.6) is 0 Å². The largest absolute Gasteiger partial charge is 0.317 e. The Balaban J connectivity index is 2.95. The van der Waals surface area contributed by atoms with E-state index in [0.717, 1.165) is 0 Å². The maximum absolute atomic E-state index is 3.62. The molecule has 2 N–H and O–H groups in total. The fourth-order valence-corrected chi connectivity index (χ4v) is 3.69. The van der Waals surface area contributed by atoms with Gasteiger partial charge < -0.3 is 10.6 Å². The molecule has 2 heteroatoms. The summed E-state index contributed by atoms with van der Waals surface area (Å²) < 4.78 is 0. The third-order valence-corrected chi connectivity index (χ3v) is 5.62. The number of nitrogens with one attached hydrogen (secondary N) is 2. The van der Waals surface area contributed by atoms with Crippen LogP contribution in [0.15, 0.2) is 0 Å². The van der Waals surface area contributed by atoms with Gasteiger partial charge in [0.15, 0.2) is 0 Å². The minimum absolute atomic E-state index is 1.22. The summed E-state index contributed by atoms with van der Waals surface area (Å²) >= 11 is 0. The van der Waals surface area contributed by atoms with E-state index in [1.807, 2.05) is 0 Å². The Morgan fingerprint density at radius 2 is 0.519 bits per heavy atom. The van der Waals surface area contributed by atoms with Crippen molar-refractivity contribution < 1.29 is 0 Å². The van der Waals surface area contributed by atoms with E-state index >= 15 is 0 Å². The number of hydrogen-bond donors (Lipinski definition) is 2. The van der Waals surface area contributed by atoms with E-state index in [1.54, 1.807) is 0 Å². The van der Waals surface area contributed by atoms with Crippen molar-refractivity contribution in [3.05, 3.63) is 0 Å². The molecule has 0 aromatic rings. The van der Waals surface area contributed by atoms with Crippen molar-refractivity contribution in [2.45, 2.75) is 136 Å². The van der Waals surface area contributed by atoms with Gasteiger partial charge in [-0.05, 0) is 51.9 Å². The predicted octanol–water partition coefficient (Wildman–Crippen LogP) is 7.62. The Bertz CT molecular complexity index is 218. The lowest BCUT2D eigenvalue weighted by atomic mass is 10.1. The topological polar surface area (TPSA) is 24.1 Å². The van der Waals surface area contributed by atoms with E-state index in [9.17, 15) is 0 Å². The number of rotatable bonds is 24. The summed E-state index contributed by atoms with van der Waals surface area (Å²) in [4.78, 5) is 0. The molecule has 0 aliphatic heterocycles. The molecule has 164 valence electrons. The Morgan fingerprint density at radius 1 is 0.296 bits per heavy atom. The standard InChI is InChI=1S/C25H54N2/c1-3-5-7-9-11-13-15-18-22-26-24-20-17-21-25-27-23-19-16-14-12-10-8-6-4-2/h26-27H,3-25H2,1-2H3. The first-order valence-corrected chi connectivity index (χ1v) is 12.8. The molecule has 0 aliphatic rings. The second-order valence-corrected chi connectivity index (χ2v) is 8.51. The van der Waals surface area contributed by atoms with Gasteiger partial charge in [-0.15, -0.1) is 0 Å². The summed E-state index contributed by atoms with van der Waals surface area (Å²) in [5.74, 6) is 0. The molecule has 0 fully saturated rings. The van der Waals surface area contributed by atoms with Crippen molar-refractivity contribution >= 4 is 0 Å². The fourth-order valence-electron chi connectivity index (χ4n) is 3.69. The molecule has 0 aromatic carbocycles. The first-order chi connectivity index (χ1) is 13.4. The minimum Gasteiger partial charge on any atom is -0.317 e. The van der Waals surface area contributed by atoms with Gasteiger partial charge in [-0.3, -0.25) is 0 Å². The molecule has 0 rings (SSSR count). The van der Waals surface area contributed by atoms with E-state index in [0.29, 0.717) is 0 Å². The molecule has 27 heavy (non-hydrogen) atoms. The molecule has 0 radical (unpaired) electrons. The van der Waals surface area contributed by atoms with Crippen LogP contribution in [-0.2, 0) is 0 Å². The molecule has 0 amide bonds. The molecule has 0 saturated heterocycles. The average Bonchev–Trinajstić information content (AvgIpc) is 2.68. The van der Waals surface area contributed by atoms with Crippen molar-refractivity contribution in [2.24, 2.45) is 0 Å². The summed E-state index contributed by atoms with van der Waals surface area (Å²) in [7, 11) is 0. The molecule has 2 nitrogen and oxygen atoms in total. The Labute approximate surface area is 173 Å². The quantitative estimate of drug-likeness (QED) is 0.168. The third kappa shape index (κ3) is 25.9. The molecular weight excluding hydrogens is 328 g/mol. The Kier molecular flexibility index (Phi) is 25.8. The Hall–Kier alpha value is -0.0800. The highest BCUT2D eigenvalue weighted by Gasteiger charge is 1.94. The fraction of sp³-hybridized carbons (Fsp3) is 1.00. The average molecular weight is 383 g/mol. The third-order valence-electron chi connectivity index (χ3n) is 5.62. The lowest BCUT2D eigenvalue weighted by Crippen LogP contribution is -2.18. The van der Waals surface area contributed by atoms with E-state index in [-0.39, 0.29) is 0 Å². The highest BCUT2D eigenvalue weighted by atomic mass is 14.8. The number of unbranched alkanes of at least 4 members (excludes halogenated alkanes) is 16. The highest BCUT2D eigenvalue weighted by Crippen LogP contribution is 2.08. The van der Waals surface area contributed by atoms with Crippen LogP contribution in [0.4, 0.5) is 0 Å². The molecule has 0 heterocycles. The van der Waals surface area contributed by atoms with Crippen LogP contribution < -0.4 is 10.6 Å². The van der Waals surface area contributed by atoms with Crippen LogP contribution in [0.2, 0.25) is 0 Å². The van der Waals surface area contributed by atoms with Crippen LogP contribution in [0.1, 0.15) is 136 Å². The van der Waals surface area contributed by atoms with Crippen LogP contribution in [0.3, 0.4) is 0 Å². The zero-order valence-electron chi connectivity index (χ0n) is 19.3. The van der Waals surface area contributed by atoms with Gasteiger partial charge in [0.1, 0.15) is 0 Å². The minimum atomic E-state index is 1.22. The molecule has 0 aliphatic carbocycles. The van der Waals surface area contributed by atoms with Gasteiger partial charge in [-0.2, -0.15) is 0 Å². The van der Waals surface area contributed by atoms with Crippen LogP contribution in [-0.4, -0.2) is 26.2 Å². The lowest BCUT2D eigenvalue weighted by Gasteiger charge is -2.06. The zero-order chi connectivity index (χ0) is 19.7. The van der Waals surface area contributed by atoms with Gasteiger partial charge in [0, 0.05) is 0 Å². The van der Waals surface area contributed by atoms with E-state index < -0.39 is 0 Å². The van der Waals surface area contributed by atoms with E-state index in [2.05, 4.69) is 24.5 Å². The lowest BCUT2D eigenvalue weighted by molar-refractivity contribution is 0.528.